The summed E-state index contributed by atoms with van der Waals surface area (Å²) < 4.78 is 58.6. The van der Waals surface area contributed by atoms with E-state index in [2.05, 4.69) is 13.2 Å². The Balaban J connectivity index is 1.96. The molecule has 20 heteroatoms. The zero-order chi connectivity index (χ0) is 65.9. The number of ether oxygens (including phenoxy) is 10. The molecule has 0 fully saturated rings. The Morgan fingerprint density at radius 2 is 0.533 bits per heavy atom. The Morgan fingerprint density at radius 3 is 0.733 bits per heavy atom. The maximum atomic E-state index is 14.4. The van der Waals surface area contributed by atoms with Gasteiger partial charge in [0.05, 0.1) is 13.2 Å². The van der Waals surface area contributed by atoms with Crippen LogP contribution in [0.25, 0.3) is 0 Å². The number of hydrogen-bond donors (Lipinski definition) is 0. The van der Waals surface area contributed by atoms with E-state index in [4.69, 9.17) is 47.4 Å². The number of hydrogen-bond acceptors (Lipinski definition) is 20. The molecule has 0 aromatic heterocycles. The van der Waals surface area contributed by atoms with E-state index in [-0.39, 0.29) is 186 Å². The SMILES string of the molecule is C=C(C)C(=O)OCCOc1c2cc(C(=O)CCC)cc1Cc1cc(C(=O)CCC)cc(c1OCCOC(=O)C(=C)C)Cc1cc(C(=O)CCC)cc(c1OCCOC(=O)CC(=O)OCC)Cc1cc(C(=O)CCC)cc(c1OCCOC(=O)CC(=O)OCC)C2. The van der Waals surface area contributed by atoms with Crippen molar-refractivity contribution in [2.24, 2.45) is 0 Å². The Morgan fingerprint density at radius 1 is 0.322 bits per heavy atom. The van der Waals surface area contributed by atoms with E-state index in [9.17, 15) is 47.9 Å². The van der Waals surface area contributed by atoms with Gasteiger partial charge in [0.25, 0.3) is 0 Å². The fourth-order valence-electron chi connectivity index (χ4n) is 9.92. The largest absolute Gasteiger partial charge is 0.489 e. The van der Waals surface area contributed by atoms with Gasteiger partial charge in [0.2, 0.25) is 0 Å². The summed E-state index contributed by atoms with van der Waals surface area (Å²) in [6.07, 6.45) is 0.897. The van der Waals surface area contributed by atoms with Gasteiger partial charge in [-0.1, -0.05) is 40.9 Å². The third-order valence-electron chi connectivity index (χ3n) is 13.9. The topological polar surface area (TPSA) is 263 Å². The summed E-state index contributed by atoms with van der Waals surface area (Å²) in [5.74, 6) is -4.51. The molecular weight excluding hydrogens is 1160 g/mol. The zero-order valence-electron chi connectivity index (χ0n) is 53.2. The van der Waals surface area contributed by atoms with Crippen molar-refractivity contribution in [3.05, 3.63) is 140 Å². The Hall–Kier alpha value is -8.94. The molecule has 484 valence electrons. The van der Waals surface area contributed by atoms with Gasteiger partial charge in [-0.05, 0) is 146 Å². The lowest BCUT2D eigenvalue weighted by Gasteiger charge is -2.25. The summed E-state index contributed by atoms with van der Waals surface area (Å²) >= 11 is 0. The molecule has 5 rings (SSSR count). The highest BCUT2D eigenvalue weighted by Crippen LogP contribution is 2.42. The van der Waals surface area contributed by atoms with E-state index >= 15 is 0 Å². The van der Waals surface area contributed by atoms with Crippen LogP contribution in [0.2, 0.25) is 0 Å². The lowest BCUT2D eigenvalue weighted by Crippen LogP contribution is -2.19. The van der Waals surface area contributed by atoms with Crippen LogP contribution in [-0.4, -0.2) is 125 Å². The van der Waals surface area contributed by atoms with Crippen LogP contribution in [0.5, 0.6) is 23.0 Å². The van der Waals surface area contributed by atoms with Crippen LogP contribution in [0.1, 0.15) is 206 Å². The first kappa shape index (κ1) is 71.8. The molecule has 1 aliphatic rings. The first-order chi connectivity index (χ1) is 43.1. The lowest BCUT2D eigenvalue weighted by molar-refractivity contribution is -0.156. The van der Waals surface area contributed by atoms with Crippen molar-refractivity contribution < 1.29 is 95.3 Å². The molecule has 4 aromatic rings. The number of fused-ring (bicyclic) bond motifs is 8. The fraction of sp³-hybridized carbons (Fsp3) is 0.457. The van der Waals surface area contributed by atoms with Crippen molar-refractivity contribution >= 4 is 58.9 Å². The summed E-state index contributed by atoms with van der Waals surface area (Å²) in [7, 11) is 0. The molecule has 4 aromatic carbocycles. The average Bonchev–Trinajstić information content (AvgIpc) is 0.792. The van der Waals surface area contributed by atoms with E-state index in [0.29, 0.717) is 81.3 Å². The maximum Gasteiger partial charge on any atom is 0.333 e. The van der Waals surface area contributed by atoms with Gasteiger partial charge >= 0.3 is 35.8 Å². The fourth-order valence-corrected chi connectivity index (χ4v) is 9.92. The van der Waals surface area contributed by atoms with E-state index < -0.39 is 48.7 Å². The lowest BCUT2D eigenvalue weighted by atomic mass is 9.86. The van der Waals surface area contributed by atoms with Crippen molar-refractivity contribution in [3.8, 4) is 23.0 Å². The van der Waals surface area contributed by atoms with Crippen LogP contribution >= 0.6 is 0 Å². The second-order valence-corrected chi connectivity index (χ2v) is 21.5. The third kappa shape index (κ3) is 21.7. The first-order valence-corrected chi connectivity index (χ1v) is 30.7. The maximum absolute atomic E-state index is 14.4. The van der Waals surface area contributed by atoms with Crippen LogP contribution in [0, 0.1) is 0 Å². The number of Topliss-reactive ketones (excluding diaryl/α,β-unsaturated/α-hetero) is 4. The summed E-state index contributed by atoms with van der Waals surface area (Å²) in [6.45, 7) is 19.1. The number of ketones is 4. The second kappa shape index (κ2) is 36.5. The first-order valence-electron chi connectivity index (χ1n) is 30.7. The van der Waals surface area contributed by atoms with Gasteiger partial charge in [-0.25, -0.2) is 9.59 Å². The quantitative estimate of drug-likeness (QED) is 0.00901. The van der Waals surface area contributed by atoms with Gasteiger partial charge in [0.15, 0.2) is 23.1 Å². The van der Waals surface area contributed by atoms with E-state index in [1.165, 1.54) is 13.8 Å². The molecule has 20 nitrogen and oxygen atoms in total. The predicted octanol–water partition coefficient (Wildman–Crippen LogP) is 11.0. The molecule has 0 unspecified atom stereocenters. The number of benzene rings is 4. The van der Waals surface area contributed by atoms with Gasteiger partial charge in [0, 0.05) is 84.8 Å². The van der Waals surface area contributed by atoms with Crippen molar-refractivity contribution in [1.82, 2.24) is 0 Å². The van der Waals surface area contributed by atoms with Crippen LogP contribution in [0.15, 0.2) is 72.8 Å². The normalized spacial score (nSPS) is 11.5. The molecule has 0 radical (unpaired) electrons. The standard InChI is InChI=1S/C70H84O20/c1-11-17-57(71)45-29-49-37-50-30-46(58(72)18-12-2)32-52(66(50)86-24-22-84-64(78)42-62(76)82-16-6)39-54-34-48(60(74)20-14-4)36-56(68(54)88-26-28-90-70(80)44(9)10)40-55-35-47(59(73)19-13-3)33-53(67(55)87-25-27-89-69(79)43(7)8)38-51(31-45)65(49)85-23-21-83-63(77)41-61(75)81-15-5/h29-36H,7,9,11-28,37-42H2,1-6,8,10H3. The summed E-state index contributed by atoms with van der Waals surface area (Å²) in [4.78, 5) is 133. The van der Waals surface area contributed by atoms with Gasteiger partial charge in [-0.2, -0.15) is 0 Å². The van der Waals surface area contributed by atoms with Gasteiger partial charge < -0.3 is 47.4 Å². The van der Waals surface area contributed by atoms with Gasteiger partial charge in [-0.15, -0.1) is 0 Å². The molecule has 0 N–H and O–H groups in total. The molecule has 0 heterocycles. The molecule has 0 spiro atoms. The highest BCUT2D eigenvalue weighted by molar-refractivity contribution is 5.99. The molecule has 0 aliphatic heterocycles. The smallest absolute Gasteiger partial charge is 0.333 e. The van der Waals surface area contributed by atoms with Crippen molar-refractivity contribution in [2.75, 3.05) is 66.1 Å². The highest BCUT2D eigenvalue weighted by atomic mass is 16.6. The van der Waals surface area contributed by atoms with Gasteiger partial charge in [0.1, 0.15) is 88.7 Å². The second-order valence-electron chi connectivity index (χ2n) is 21.5. The van der Waals surface area contributed by atoms with E-state index in [1.807, 2.05) is 27.7 Å². The van der Waals surface area contributed by atoms with Crippen LogP contribution in [-0.2, 0) is 82.9 Å². The molecule has 0 saturated heterocycles. The minimum Gasteiger partial charge on any atom is -0.489 e. The Bertz CT molecular complexity index is 3100. The molecule has 8 bridgehead atoms. The molecule has 0 atom stereocenters. The average molecular weight is 1250 g/mol. The van der Waals surface area contributed by atoms with E-state index in [0.717, 1.165) is 0 Å². The van der Waals surface area contributed by atoms with Crippen LogP contribution in [0.4, 0.5) is 0 Å². The summed E-state index contributed by atoms with van der Waals surface area (Å²) in [6, 6.07) is 13.5. The number of carbonyl (C=O) groups is 10. The third-order valence-corrected chi connectivity index (χ3v) is 13.9. The zero-order valence-corrected chi connectivity index (χ0v) is 53.2. The van der Waals surface area contributed by atoms with Crippen molar-refractivity contribution in [2.45, 2.75) is 145 Å². The Labute approximate surface area is 526 Å². The summed E-state index contributed by atoms with van der Waals surface area (Å²) in [5.41, 5.74) is 4.80. The number of esters is 6. The predicted molar refractivity (Wildman–Crippen MR) is 332 cm³/mol. The molecule has 0 saturated carbocycles. The monoisotopic (exact) mass is 1240 g/mol. The van der Waals surface area contributed by atoms with Crippen molar-refractivity contribution in [1.29, 1.82) is 0 Å². The molecular formula is C70H84O20. The minimum absolute atomic E-state index is 0.0536. The molecule has 90 heavy (non-hydrogen) atoms. The minimum atomic E-state index is -0.864. The Kier molecular flexibility index (Phi) is 29.1. The number of rotatable bonds is 36. The number of carbonyl (C=O) groups excluding carboxylic acids is 10. The summed E-state index contributed by atoms with van der Waals surface area (Å²) in [5, 5.41) is 0. The van der Waals surface area contributed by atoms with E-state index in [1.54, 1.807) is 62.4 Å². The molecule has 1 aliphatic carbocycles. The van der Waals surface area contributed by atoms with Crippen LogP contribution < -0.4 is 18.9 Å². The highest BCUT2D eigenvalue weighted by Gasteiger charge is 2.28. The van der Waals surface area contributed by atoms with Crippen molar-refractivity contribution in [3.63, 3.8) is 0 Å². The van der Waals surface area contributed by atoms with Gasteiger partial charge in [-0.3, -0.25) is 38.4 Å². The van der Waals surface area contributed by atoms with Crippen LogP contribution in [0.3, 0.4) is 0 Å². The molecule has 0 amide bonds.